The van der Waals surface area contributed by atoms with Crippen LogP contribution in [0.2, 0.25) is 0 Å². The fourth-order valence-corrected chi connectivity index (χ4v) is 5.64. The van der Waals surface area contributed by atoms with Crippen molar-refractivity contribution in [2.45, 2.75) is 45.3 Å². The quantitative estimate of drug-likeness (QED) is 0.632. The van der Waals surface area contributed by atoms with Gasteiger partial charge in [0.05, 0.1) is 35.6 Å². The van der Waals surface area contributed by atoms with Gasteiger partial charge in [0, 0.05) is 17.9 Å². The van der Waals surface area contributed by atoms with Gasteiger partial charge in [0.2, 0.25) is 5.91 Å². The summed E-state index contributed by atoms with van der Waals surface area (Å²) in [6, 6.07) is 15.4. The molecule has 2 aliphatic rings. The predicted molar refractivity (Wildman–Crippen MR) is 128 cm³/mol. The zero-order valence-electron chi connectivity index (χ0n) is 19.1. The monoisotopic (exact) mass is 464 g/mol. The minimum absolute atomic E-state index is 0.0991. The molecule has 1 N–H and O–H groups in total. The summed E-state index contributed by atoms with van der Waals surface area (Å²) < 4.78 is 11.6. The molecule has 1 saturated heterocycles. The van der Waals surface area contributed by atoms with Crippen molar-refractivity contribution >= 4 is 17.7 Å². The lowest BCUT2D eigenvalue weighted by Gasteiger charge is -2.38. The molecule has 0 aliphatic carbocycles. The third-order valence-electron chi connectivity index (χ3n) is 5.96. The Morgan fingerprint density at radius 2 is 1.94 bits per heavy atom. The van der Waals surface area contributed by atoms with Gasteiger partial charge in [-0.3, -0.25) is 9.69 Å². The molecule has 7 heteroatoms. The number of aliphatic hydroxyl groups is 1. The normalized spacial score (nSPS) is 22.2. The lowest BCUT2D eigenvalue weighted by Crippen LogP contribution is -2.48. The number of nitrogens with zero attached hydrogens (tertiary/aromatic N) is 2. The number of thioether (sulfide) groups is 1. The number of amides is 1. The van der Waals surface area contributed by atoms with Crippen LogP contribution in [-0.4, -0.2) is 34.9 Å². The predicted octanol–water partition coefficient (Wildman–Crippen LogP) is 4.83. The van der Waals surface area contributed by atoms with Gasteiger partial charge < -0.3 is 14.6 Å². The second kappa shape index (κ2) is 9.50. The lowest BCUT2D eigenvalue weighted by atomic mass is 9.85. The van der Waals surface area contributed by atoms with Gasteiger partial charge in [-0.15, -0.1) is 11.8 Å². The first-order valence-corrected chi connectivity index (χ1v) is 12.2. The molecular weight excluding hydrogens is 436 g/mol. The van der Waals surface area contributed by atoms with Crippen LogP contribution in [0.4, 0.5) is 0 Å². The highest BCUT2D eigenvalue weighted by atomic mass is 32.2. The minimum Gasteiger partial charge on any atom is -0.490 e. The van der Waals surface area contributed by atoms with E-state index in [4.69, 9.17) is 9.47 Å². The molecule has 2 heterocycles. The van der Waals surface area contributed by atoms with Crippen molar-refractivity contribution in [3.05, 3.63) is 69.8 Å². The summed E-state index contributed by atoms with van der Waals surface area (Å²) in [5, 5.41) is 22.1. The van der Waals surface area contributed by atoms with Gasteiger partial charge in [0.25, 0.3) is 0 Å². The topological polar surface area (TPSA) is 82.8 Å². The van der Waals surface area contributed by atoms with Crippen molar-refractivity contribution in [3.63, 3.8) is 0 Å². The molecule has 0 spiro atoms. The largest absolute Gasteiger partial charge is 0.490 e. The van der Waals surface area contributed by atoms with Crippen molar-refractivity contribution in [2.75, 3.05) is 19.0 Å². The number of benzene rings is 2. The molecular formula is C26H28N2O4S. The fraction of sp³-hybridized carbons (Fsp3) is 0.385. The first-order valence-electron chi connectivity index (χ1n) is 11.2. The molecule has 2 unspecified atom stereocenters. The zero-order chi connectivity index (χ0) is 23.6. The average molecular weight is 465 g/mol. The van der Waals surface area contributed by atoms with Crippen LogP contribution in [0.25, 0.3) is 0 Å². The third-order valence-corrected chi connectivity index (χ3v) is 7.18. The zero-order valence-corrected chi connectivity index (χ0v) is 19.9. The molecule has 33 heavy (non-hydrogen) atoms. The second-order valence-corrected chi connectivity index (χ2v) is 9.24. The fourth-order valence-electron chi connectivity index (χ4n) is 4.28. The number of fused-ring (bicyclic) bond motifs is 1. The number of hydrogen-bond acceptors (Lipinski definition) is 6. The summed E-state index contributed by atoms with van der Waals surface area (Å²) in [6.45, 7) is 6.98. The summed E-state index contributed by atoms with van der Waals surface area (Å²) in [5.74, 6) is 0.938. The maximum atomic E-state index is 13.3. The Morgan fingerprint density at radius 3 is 2.61 bits per heavy atom. The number of aryl methyl sites for hydroxylation is 1. The molecule has 0 radical (unpaired) electrons. The van der Waals surface area contributed by atoms with E-state index in [0.29, 0.717) is 40.9 Å². The maximum Gasteiger partial charge on any atom is 0.231 e. The number of nitriles is 1. The van der Waals surface area contributed by atoms with Crippen molar-refractivity contribution in [2.24, 2.45) is 0 Å². The van der Waals surface area contributed by atoms with Gasteiger partial charge in [-0.2, -0.15) is 5.26 Å². The van der Waals surface area contributed by atoms with Crippen LogP contribution >= 0.6 is 11.8 Å². The highest BCUT2D eigenvalue weighted by Crippen LogP contribution is 2.52. The van der Waals surface area contributed by atoms with E-state index in [-0.39, 0.29) is 18.1 Å². The van der Waals surface area contributed by atoms with Crippen LogP contribution in [0.5, 0.6) is 11.5 Å². The van der Waals surface area contributed by atoms with Crippen molar-refractivity contribution < 1.29 is 19.4 Å². The van der Waals surface area contributed by atoms with E-state index < -0.39 is 11.6 Å². The summed E-state index contributed by atoms with van der Waals surface area (Å²) in [6.07, 6.45) is 0.980. The van der Waals surface area contributed by atoms with Gasteiger partial charge in [0.15, 0.2) is 17.2 Å². The first-order chi connectivity index (χ1) is 15.9. The molecule has 4 rings (SSSR count). The van der Waals surface area contributed by atoms with Gasteiger partial charge in [-0.05, 0) is 38.0 Å². The Kier molecular flexibility index (Phi) is 6.68. The molecule has 2 atom stereocenters. The minimum atomic E-state index is -1.47. The Balaban J connectivity index is 1.73. The van der Waals surface area contributed by atoms with Gasteiger partial charge in [-0.25, -0.2) is 0 Å². The molecule has 2 aromatic rings. The Hall–Kier alpha value is -2.95. The average Bonchev–Trinajstić information content (AvgIpc) is 3.17. The SMILES string of the molecule is CCCOc1ccc(C2CC(=O)N3C(=C2C#N)SCC3(O)c2ccc(C)cc2)cc1OCC. The summed E-state index contributed by atoms with van der Waals surface area (Å²) in [7, 11) is 0. The van der Waals surface area contributed by atoms with E-state index in [1.165, 1.54) is 16.7 Å². The number of rotatable bonds is 7. The highest BCUT2D eigenvalue weighted by molar-refractivity contribution is 8.03. The summed E-state index contributed by atoms with van der Waals surface area (Å²) in [5.41, 5.74) is 1.57. The van der Waals surface area contributed by atoms with Gasteiger partial charge >= 0.3 is 0 Å². The van der Waals surface area contributed by atoms with Crippen LogP contribution < -0.4 is 9.47 Å². The van der Waals surface area contributed by atoms with E-state index in [2.05, 4.69) is 6.07 Å². The van der Waals surface area contributed by atoms with Gasteiger partial charge in [-0.1, -0.05) is 42.8 Å². The first kappa shape index (κ1) is 23.2. The van der Waals surface area contributed by atoms with E-state index in [9.17, 15) is 15.2 Å². The molecule has 0 bridgehead atoms. The van der Waals surface area contributed by atoms with E-state index in [1.807, 2.05) is 63.2 Å². The van der Waals surface area contributed by atoms with Crippen LogP contribution in [0, 0.1) is 18.3 Å². The summed E-state index contributed by atoms with van der Waals surface area (Å²) in [4.78, 5) is 14.8. The van der Waals surface area contributed by atoms with E-state index in [1.54, 1.807) is 0 Å². The van der Waals surface area contributed by atoms with Crippen molar-refractivity contribution in [3.8, 4) is 17.6 Å². The third kappa shape index (κ3) is 4.21. The van der Waals surface area contributed by atoms with Crippen LogP contribution in [0.3, 0.4) is 0 Å². The Bertz CT molecular complexity index is 1120. The van der Waals surface area contributed by atoms with Gasteiger partial charge in [0.1, 0.15) is 0 Å². The Labute approximate surface area is 198 Å². The molecule has 1 fully saturated rings. The standard InChI is InChI=1S/C26H28N2O4S/c1-4-12-32-22-11-8-18(13-23(22)31-5-2)20-14-24(29)28-25(21(20)15-27)33-16-26(28,30)19-9-6-17(3)7-10-19/h6-11,13,20,30H,4-5,12,14,16H2,1-3H3. The lowest BCUT2D eigenvalue weighted by molar-refractivity contribution is -0.149. The highest BCUT2D eigenvalue weighted by Gasteiger charge is 2.51. The van der Waals surface area contributed by atoms with Crippen LogP contribution in [-0.2, 0) is 10.5 Å². The van der Waals surface area contributed by atoms with E-state index >= 15 is 0 Å². The van der Waals surface area contributed by atoms with Crippen molar-refractivity contribution in [1.29, 1.82) is 5.26 Å². The number of hydrogen-bond donors (Lipinski definition) is 1. The molecule has 0 aromatic heterocycles. The number of allylic oxidation sites excluding steroid dienone is 1. The molecule has 2 aliphatic heterocycles. The molecule has 2 aromatic carbocycles. The summed E-state index contributed by atoms with van der Waals surface area (Å²) >= 11 is 1.35. The number of carbonyl (C=O) groups is 1. The second-order valence-electron chi connectivity index (χ2n) is 8.28. The number of ether oxygens (including phenoxy) is 2. The van der Waals surface area contributed by atoms with E-state index in [0.717, 1.165) is 17.5 Å². The molecule has 172 valence electrons. The Morgan fingerprint density at radius 1 is 1.18 bits per heavy atom. The van der Waals surface area contributed by atoms with Crippen LogP contribution in [0.15, 0.2) is 53.1 Å². The molecule has 0 saturated carbocycles. The maximum absolute atomic E-state index is 13.3. The smallest absolute Gasteiger partial charge is 0.231 e. The van der Waals surface area contributed by atoms with Crippen LogP contribution in [0.1, 0.15) is 49.3 Å². The molecule has 6 nitrogen and oxygen atoms in total. The molecule has 1 amide bonds. The number of carbonyl (C=O) groups excluding carboxylic acids is 1. The van der Waals surface area contributed by atoms with Crippen molar-refractivity contribution in [1.82, 2.24) is 4.90 Å².